The number of likely N-dealkylation sites (tertiary alicyclic amines) is 1. The Hall–Kier alpha value is -4.07. The monoisotopic (exact) mass is 597 g/mol. The van der Waals surface area contributed by atoms with Crippen molar-refractivity contribution >= 4 is 16.9 Å². The Morgan fingerprint density at radius 3 is 2.41 bits per heavy atom. The molecule has 44 heavy (non-hydrogen) atoms. The van der Waals surface area contributed by atoms with Gasteiger partial charge in [0.25, 0.3) is 0 Å². The lowest BCUT2D eigenvalue weighted by Gasteiger charge is -2.39. The summed E-state index contributed by atoms with van der Waals surface area (Å²) < 4.78 is 23.9. The molecule has 1 aliphatic rings. The van der Waals surface area contributed by atoms with Crippen LogP contribution in [0.5, 0.6) is 11.5 Å². The van der Waals surface area contributed by atoms with E-state index in [-0.39, 0.29) is 23.9 Å². The number of aromatic hydroxyl groups is 1. The summed E-state index contributed by atoms with van der Waals surface area (Å²) in [6.07, 6.45) is 1.03. The highest BCUT2D eigenvalue weighted by Gasteiger charge is 2.35. The number of phenolic OH excluding ortho intramolecular Hbond substituents is 1. The molecule has 4 aromatic carbocycles. The van der Waals surface area contributed by atoms with Crippen molar-refractivity contribution in [2.45, 2.75) is 64.4 Å². The van der Waals surface area contributed by atoms with E-state index < -0.39 is 5.60 Å². The largest absolute Gasteiger partial charge is 0.508 e. The van der Waals surface area contributed by atoms with E-state index in [0.717, 1.165) is 35.3 Å². The molecule has 0 spiro atoms. The molecule has 1 aliphatic heterocycles. The maximum Gasteiger partial charge on any atom is 0.410 e. The van der Waals surface area contributed by atoms with Gasteiger partial charge in [0.05, 0.1) is 39.1 Å². The fourth-order valence-corrected chi connectivity index (χ4v) is 5.47. The first kappa shape index (κ1) is 31.4. The molecule has 7 nitrogen and oxygen atoms in total. The minimum atomic E-state index is -0.553. The Kier molecular flexibility index (Phi) is 10.4. The highest BCUT2D eigenvalue weighted by atomic mass is 16.6. The molecule has 232 valence electrons. The van der Waals surface area contributed by atoms with E-state index in [4.69, 9.17) is 18.9 Å². The summed E-state index contributed by atoms with van der Waals surface area (Å²) in [6.45, 7) is 8.64. The third-order valence-electron chi connectivity index (χ3n) is 7.75. The van der Waals surface area contributed by atoms with Crippen molar-refractivity contribution in [2.75, 3.05) is 26.3 Å². The summed E-state index contributed by atoms with van der Waals surface area (Å²) >= 11 is 0. The van der Waals surface area contributed by atoms with Crippen LogP contribution in [0.15, 0.2) is 91.0 Å². The zero-order valence-corrected chi connectivity index (χ0v) is 25.9. The Morgan fingerprint density at radius 1 is 0.886 bits per heavy atom. The number of hydrogen-bond acceptors (Lipinski definition) is 6. The Balaban J connectivity index is 1.18. The zero-order chi connectivity index (χ0) is 30.9. The molecule has 0 aromatic heterocycles. The lowest BCUT2D eigenvalue weighted by Crippen LogP contribution is -2.48. The normalized spacial score (nSPS) is 17.0. The quantitative estimate of drug-likeness (QED) is 0.178. The smallest absolute Gasteiger partial charge is 0.410 e. The average molecular weight is 598 g/mol. The van der Waals surface area contributed by atoms with Gasteiger partial charge in [0.15, 0.2) is 0 Å². The van der Waals surface area contributed by atoms with E-state index >= 15 is 0 Å². The number of phenols is 1. The molecule has 2 unspecified atom stereocenters. The minimum absolute atomic E-state index is 0.131. The summed E-state index contributed by atoms with van der Waals surface area (Å²) in [7, 11) is 0. The predicted molar refractivity (Wildman–Crippen MR) is 172 cm³/mol. The van der Waals surface area contributed by atoms with Crippen LogP contribution in [0.25, 0.3) is 10.8 Å². The number of amides is 1. The molecule has 1 amide bonds. The lowest BCUT2D eigenvalue weighted by atomic mass is 9.87. The number of rotatable bonds is 11. The molecule has 1 fully saturated rings. The molecule has 1 saturated heterocycles. The molecular formula is C37H43NO6. The van der Waals surface area contributed by atoms with Crippen LogP contribution in [0.2, 0.25) is 0 Å². The van der Waals surface area contributed by atoms with Crippen LogP contribution in [0.3, 0.4) is 0 Å². The van der Waals surface area contributed by atoms with Crippen molar-refractivity contribution in [3.8, 4) is 11.5 Å². The maximum absolute atomic E-state index is 12.9. The van der Waals surface area contributed by atoms with E-state index in [1.807, 2.05) is 57.2 Å². The standard InChI is InChI=1S/C37H43NO6/c1-37(2,3)44-36(40)38-20-19-33(35(24-38)43-25-27-13-14-28-9-4-5-10-30(28)23-27)29-15-17-32(18-16-29)42-22-8-21-41-26-31-11-6-7-12-34(31)39/h4-7,9-18,23,33,35,39H,8,19-22,24-26H2,1-3H3. The van der Waals surface area contributed by atoms with Crippen LogP contribution in [-0.4, -0.2) is 54.1 Å². The summed E-state index contributed by atoms with van der Waals surface area (Å²) in [5, 5.41) is 12.2. The summed E-state index contributed by atoms with van der Waals surface area (Å²) in [5.74, 6) is 1.18. The third kappa shape index (κ3) is 8.74. The van der Waals surface area contributed by atoms with Crippen LogP contribution in [0.1, 0.15) is 56.2 Å². The number of piperidine rings is 1. The van der Waals surface area contributed by atoms with Crippen LogP contribution < -0.4 is 4.74 Å². The number of hydrogen-bond donors (Lipinski definition) is 1. The van der Waals surface area contributed by atoms with E-state index in [1.165, 1.54) is 10.8 Å². The van der Waals surface area contributed by atoms with Gasteiger partial charge in [0.2, 0.25) is 0 Å². The molecule has 0 bridgehead atoms. The Bertz CT molecular complexity index is 1510. The zero-order valence-electron chi connectivity index (χ0n) is 25.9. The highest BCUT2D eigenvalue weighted by molar-refractivity contribution is 5.82. The third-order valence-corrected chi connectivity index (χ3v) is 7.75. The van der Waals surface area contributed by atoms with Crippen molar-refractivity contribution < 1.29 is 28.8 Å². The van der Waals surface area contributed by atoms with Gasteiger partial charge in [-0.2, -0.15) is 0 Å². The van der Waals surface area contributed by atoms with Gasteiger partial charge in [-0.25, -0.2) is 4.79 Å². The van der Waals surface area contributed by atoms with Crippen LogP contribution in [0, 0.1) is 0 Å². The fourth-order valence-electron chi connectivity index (χ4n) is 5.47. The van der Waals surface area contributed by atoms with Gasteiger partial charge in [0.1, 0.15) is 17.1 Å². The summed E-state index contributed by atoms with van der Waals surface area (Å²) in [5.41, 5.74) is 2.49. The number of carbonyl (C=O) groups is 1. The van der Waals surface area contributed by atoms with Gasteiger partial charge >= 0.3 is 6.09 Å². The number of benzene rings is 4. The van der Waals surface area contributed by atoms with Crippen molar-refractivity contribution in [2.24, 2.45) is 0 Å². The number of carbonyl (C=O) groups excluding carboxylic acids is 1. The van der Waals surface area contributed by atoms with Gasteiger partial charge in [0, 0.05) is 24.4 Å². The van der Waals surface area contributed by atoms with Crippen molar-refractivity contribution in [1.82, 2.24) is 4.90 Å². The van der Waals surface area contributed by atoms with Gasteiger partial charge < -0.3 is 29.0 Å². The Morgan fingerprint density at radius 2 is 1.64 bits per heavy atom. The SMILES string of the molecule is CC(C)(C)OC(=O)N1CCC(c2ccc(OCCCOCc3ccccc3O)cc2)C(OCc2ccc3ccccc3c2)C1. The molecule has 4 aromatic rings. The van der Waals surface area contributed by atoms with Gasteiger partial charge in [-0.15, -0.1) is 0 Å². The molecule has 7 heteroatoms. The van der Waals surface area contributed by atoms with Gasteiger partial charge in [-0.1, -0.05) is 66.7 Å². The van der Waals surface area contributed by atoms with Gasteiger partial charge in [-0.3, -0.25) is 0 Å². The van der Waals surface area contributed by atoms with Crippen LogP contribution in [-0.2, 0) is 27.4 Å². The molecule has 2 atom stereocenters. The number of fused-ring (bicyclic) bond motifs is 1. The first-order chi connectivity index (χ1) is 21.2. The first-order valence-electron chi connectivity index (χ1n) is 15.4. The molecule has 0 radical (unpaired) electrons. The van der Waals surface area contributed by atoms with Gasteiger partial charge in [-0.05, 0) is 73.4 Å². The minimum Gasteiger partial charge on any atom is -0.508 e. The molecule has 5 rings (SSSR count). The molecule has 1 N–H and O–H groups in total. The second-order valence-corrected chi connectivity index (χ2v) is 12.3. The average Bonchev–Trinajstić information content (AvgIpc) is 3.02. The van der Waals surface area contributed by atoms with E-state index in [1.54, 1.807) is 17.0 Å². The van der Waals surface area contributed by atoms with Crippen molar-refractivity contribution in [3.63, 3.8) is 0 Å². The molecule has 0 saturated carbocycles. The second kappa shape index (κ2) is 14.6. The first-order valence-corrected chi connectivity index (χ1v) is 15.4. The number of nitrogens with zero attached hydrogens (tertiary/aromatic N) is 1. The van der Waals surface area contributed by atoms with Crippen LogP contribution in [0.4, 0.5) is 4.79 Å². The lowest BCUT2D eigenvalue weighted by molar-refractivity contribution is -0.0359. The molecule has 1 heterocycles. The fraction of sp³-hybridized carbons (Fsp3) is 0.378. The highest BCUT2D eigenvalue weighted by Crippen LogP contribution is 2.33. The summed E-state index contributed by atoms with van der Waals surface area (Å²) in [6, 6.07) is 30.1. The molecular weight excluding hydrogens is 554 g/mol. The van der Waals surface area contributed by atoms with Crippen molar-refractivity contribution in [1.29, 1.82) is 0 Å². The number of ether oxygens (including phenoxy) is 4. The molecule has 0 aliphatic carbocycles. The van der Waals surface area contributed by atoms with Crippen molar-refractivity contribution in [3.05, 3.63) is 108 Å². The Labute approximate surface area is 260 Å². The van der Waals surface area contributed by atoms with E-state index in [0.29, 0.717) is 39.5 Å². The maximum atomic E-state index is 12.9. The van der Waals surface area contributed by atoms with Crippen LogP contribution >= 0.6 is 0 Å². The number of para-hydroxylation sites is 1. The predicted octanol–water partition coefficient (Wildman–Crippen LogP) is 7.84. The summed E-state index contributed by atoms with van der Waals surface area (Å²) in [4.78, 5) is 14.7. The second-order valence-electron chi connectivity index (χ2n) is 12.3. The van der Waals surface area contributed by atoms with E-state index in [2.05, 4.69) is 42.5 Å². The van der Waals surface area contributed by atoms with E-state index in [9.17, 15) is 9.90 Å². The topological polar surface area (TPSA) is 77.5 Å².